The van der Waals surface area contributed by atoms with E-state index in [2.05, 4.69) is 10.1 Å². The number of rotatable bonds is 4. The summed E-state index contributed by atoms with van der Waals surface area (Å²) in [5, 5.41) is 10.3. The molecule has 10 heavy (non-hydrogen) atoms. The molecule has 0 aliphatic rings. The number of hydrogen-bond donors (Lipinski definition) is 2. The van der Waals surface area contributed by atoms with Crippen molar-refractivity contribution in [3.05, 3.63) is 0 Å². The van der Waals surface area contributed by atoms with E-state index in [0.717, 1.165) is 0 Å². The fraction of sp³-hybridized carbons (Fsp3) is 0.600. The van der Waals surface area contributed by atoms with Gasteiger partial charge in [0.15, 0.2) is 6.79 Å². The van der Waals surface area contributed by atoms with Crippen molar-refractivity contribution < 1.29 is 19.4 Å². The maximum Gasteiger partial charge on any atom is 0.330 e. The molecule has 5 nitrogen and oxygen atoms in total. The molecule has 2 N–H and O–H groups in total. The van der Waals surface area contributed by atoms with Crippen LogP contribution in [-0.4, -0.2) is 30.3 Å². The molecular weight excluding hydrogens is 138 g/mol. The Balaban J connectivity index is 3.58. The summed E-state index contributed by atoms with van der Waals surface area (Å²) in [6.45, 7) is 0.788. The summed E-state index contributed by atoms with van der Waals surface area (Å²) >= 11 is 0. The Morgan fingerprint density at radius 2 is 2.50 bits per heavy atom. The number of nitrogens with one attached hydrogen (secondary N) is 1. The van der Waals surface area contributed by atoms with Crippen LogP contribution in [0.4, 0.5) is 0 Å². The van der Waals surface area contributed by atoms with Gasteiger partial charge in [0.05, 0.1) is 0 Å². The van der Waals surface area contributed by atoms with E-state index in [9.17, 15) is 9.59 Å². The van der Waals surface area contributed by atoms with Crippen LogP contribution >= 0.6 is 0 Å². The quantitative estimate of drug-likeness (QED) is 0.292. The zero-order chi connectivity index (χ0) is 7.98. The second-order valence-electron chi connectivity index (χ2n) is 1.60. The van der Waals surface area contributed by atoms with E-state index in [1.165, 1.54) is 6.92 Å². The fourth-order valence-corrected chi connectivity index (χ4v) is 0.359. The van der Waals surface area contributed by atoms with Gasteiger partial charge in [0.1, 0.15) is 6.04 Å². The second-order valence-corrected chi connectivity index (χ2v) is 1.60. The third-order valence-electron chi connectivity index (χ3n) is 0.878. The van der Waals surface area contributed by atoms with Crippen LogP contribution in [0, 0.1) is 0 Å². The SMILES string of the molecule is CC(NC=O)C(=O)OCO. The molecule has 1 atom stereocenters. The smallest absolute Gasteiger partial charge is 0.330 e. The lowest BCUT2D eigenvalue weighted by atomic mass is 10.4. The molecule has 0 fully saturated rings. The molecule has 0 aromatic heterocycles. The Morgan fingerprint density at radius 3 is 2.90 bits per heavy atom. The minimum atomic E-state index is -0.704. The van der Waals surface area contributed by atoms with Gasteiger partial charge in [-0.2, -0.15) is 0 Å². The van der Waals surface area contributed by atoms with Gasteiger partial charge in [0.25, 0.3) is 0 Å². The highest BCUT2D eigenvalue weighted by Gasteiger charge is 2.11. The molecule has 0 aromatic carbocycles. The Hall–Kier alpha value is -1.10. The molecule has 0 spiro atoms. The van der Waals surface area contributed by atoms with Crippen LogP contribution in [0.2, 0.25) is 0 Å². The maximum atomic E-state index is 10.5. The number of aliphatic hydroxyl groups excluding tert-OH is 1. The Bertz CT molecular complexity index is 125. The van der Waals surface area contributed by atoms with Crippen molar-refractivity contribution in [2.75, 3.05) is 6.79 Å². The normalized spacial score (nSPS) is 11.8. The van der Waals surface area contributed by atoms with Gasteiger partial charge in [0.2, 0.25) is 6.41 Å². The third-order valence-corrected chi connectivity index (χ3v) is 0.878. The van der Waals surface area contributed by atoms with Crippen LogP contribution in [-0.2, 0) is 14.3 Å². The summed E-state index contributed by atoms with van der Waals surface area (Å²) in [7, 11) is 0. The summed E-state index contributed by atoms with van der Waals surface area (Å²) in [4.78, 5) is 20.3. The molecule has 0 heterocycles. The highest BCUT2D eigenvalue weighted by atomic mass is 16.6. The molecule has 0 aliphatic heterocycles. The van der Waals surface area contributed by atoms with Gasteiger partial charge in [-0.15, -0.1) is 0 Å². The first kappa shape index (κ1) is 8.90. The summed E-state index contributed by atoms with van der Waals surface area (Å²) < 4.78 is 4.15. The number of esters is 1. The van der Waals surface area contributed by atoms with E-state index < -0.39 is 18.8 Å². The van der Waals surface area contributed by atoms with Crippen LogP contribution in [0.5, 0.6) is 0 Å². The van der Waals surface area contributed by atoms with Gasteiger partial charge in [0, 0.05) is 0 Å². The van der Waals surface area contributed by atoms with Gasteiger partial charge < -0.3 is 15.2 Å². The first-order valence-corrected chi connectivity index (χ1v) is 2.69. The summed E-state index contributed by atoms with van der Waals surface area (Å²) in [6, 6.07) is -0.704. The molecule has 0 radical (unpaired) electrons. The van der Waals surface area contributed by atoms with Gasteiger partial charge in [-0.05, 0) is 6.92 Å². The lowest BCUT2D eigenvalue weighted by Crippen LogP contribution is -2.34. The molecular formula is C5H9NO4. The second kappa shape index (κ2) is 4.75. The first-order valence-electron chi connectivity index (χ1n) is 2.69. The van der Waals surface area contributed by atoms with Crippen molar-refractivity contribution in [3.63, 3.8) is 0 Å². The molecule has 1 amide bonds. The molecule has 0 bridgehead atoms. The molecule has 0 saturated heterocycles. The molecule has 1 unspecified atom stereocenters. The standard InChI is InChI=1S/C5H9NO4/c1-4(6-2-7)5(9)10-3-8/h2,4,8H,3H2,1H3,(H,6,7). The van der Waals surface area contributed by atoms with E-state index in [-0.39, 0.29) is 0 Å². The van der Waals surface area contributed by atoms with E-state index in [4.69, 9.17) is 5.11 Å². The highest BCUT2D eigenvalue weighted by Crippen LogP contribution is 1.83. The lowest BCUT2D eigenvalue weighted by molar-refractivity contribution is -0.154. The maximum absolute atomic E-state index is 10.5. The van der Waals surface area contributed by atoms with Crippen LogP contribution in [0.3, 0.4) is 0 Å². The van der Waals surface area contributed by atoms with Gasteiger partial charge >= 0.3 is 5.97 Å². The van der Waals surface area contributed by atoms with Crippen molar-refractivity contribution in [2.45, 2.75) is 13.0 Å². The van der Waals surface area contributed by atoms with Crippen molar-refractivity contribution in [1.29, 1.82) is 0 Å². The number of aliphatic hydroxyl groups is 1. The number of hydrogen-bond acceptors (Lipinski definition) is 4. The van der Waals surface area contributed by atoms with E-state index >= 15 is 0 Å². The summed E-state index contributed by atoms with van der Waals surface area (Å²) in [5.41, 5.74) is 0. The summed E-state index contributed by atoms with van der Waals surface area (Å²) in [5.74, 6) is -0.658. The number of carbonyl (C=O) groups excluding carboxylic acids is 2. The molecule has 0 saturated carbocycles. The molecule has 0 aromatic rings. The van der Waals surface area contributed by atoms with Gasteiger partial charge in [-0.1, -0.05) is 0 Å². The van der Waals surface area contributed by atoms with Gasteiger partial charge in [-0.25, -0.2) is 4.79 Å². The van der Waals surface area contributed by atoms with Crippen molar-refractivity contribution in [3.8, 4) is 0 Å². The van der Waals surface area contributed by atoms with E-state index in [1.807, 2.05) is 0 Å². The molecule has 0 rings (SSSR count). The minimum absolute atomic E-state index is 0.392. The molecule has 0 aliphatic carbocycles. The minimum Gasteiger partial charge on any atom is -0.437 e. The average Bonchev–Trinajstić information content (AvgIpc) is 1.89. The predicted octanol–water partition coefficient (Wildman–Crippen LogP) is -1.39. The largest absolute Gasteiger partial charge is 0.437 e. The van der Waals surface area contributed by atoms with Crippen LogP contribution in [0.25, 0.3) is 0 Å². The van der Waals surface area contributed by atoms with Gasteiger partial charge in [-0.3, -0.25) is 4.79 Å². The van der Waals surface area contributed by atoms with Crippen LogP contribution in [0.1, 0.15) is 6.92 Å². The topological polar surface area (TPSA) is 75.6 Å². The zero-order valence-corrected chi connectivity index (χ0v) is 5.53. The molecule has 58 valence electrons. The number of ether oxygens (including phenoxy) is 1. The fourth-order valence-electron chi connectivity index (χ4n) is 0.359. The number of amides is 1. The van der Waals surface area contributed by atoms with Crippen LogP contribution in [0.15, 0.2) is 0 Å². The van der Waals surface area contributed by atoms with Crippen molar-refractivity contribution >= 4 is 12.4 Å². The van der Waals surface area contributed by atoms with Crippen molar-refractivity contribution in [2.24, 2.45) is 0 Å². The molecule has 5 heteroatoms. The Kier molecular flexibility index (Phi) is 4.23. The average molecular weight is 147 g/mol. The lowest BCUT2D eigenvalue weighted by Gasteiger charge is -2.06. The first-order chi connectivity index (χ1) is 4.72. The highest BCUT2D eigenvalue weighted by molar-refractivity contribution is 5.77. The number of carbonyl (C=O) groups is 2. The predicted molar refractivity (Wildman–Crippen MR) is 31.8 cm³/mol. The van der Waals surface area contributed by atoms with Crippen LogP contribution < -0.4 is 5.32 Å². The Morgan fingerprint density at radius 1 is 1.90 bits per heavy atom. The zero-order valence-electron chi connectivity index (χ0n) is 5.53. The van der Waals surface area contributed by atoms with Crippen molar-refractivity contribution in [1.82, 2.24) is 5.32 Å². The van der Waals surface area contributed by atoms with E-state index in [0.29, 0.717) is 6.41 Å². The van der Waals surface area contributed by atoms with E-state index in [1.54, 1.807) is 0 Å². The summed E-state index contributed by atoms with van der Waals surface area (Å²) in [6.07, 6.45) is 0.392. The monoisotopic (exact) mass is 147 g/mol. The Labute approximate surface area is 58.0 Å². The third kappa shape index (κ3) is 3.03.